The maximum absolute atomic E-state index is 11.7. The third kappa shape index (κ3) is 3.27. The summed E-state index contributed by atoms with van der Waals surface area (Å²) in [5.74, 6) is 0.639. The molecule has 29 heavy (non-hydrogen) atoms. The summed E-state index contributed by atoms with van der Waals surface area (Å²) in [5.41, 5.74) is 3.12. The molecule has 0 saturated heterocycles. The predicted octanol–water partition coefficient (Wildman–Crippen LogP) is 4.01. The fraction of sp³-hybridized carbons (Fsp3) is 0.0526. The highest BCUT2D eigenvalue weighted by Gasteiger charge is 2.14. The molecule has 0 aliphatic carbocycles. The highest BCUT2D eigenvalue weighted by Crippen LogP contribution is 2.35. The Balaban J connectivity index is 1.63. The maximum Gasteiger partial charge on any atom is 0.238 e. The molecule has 3 heterocycles. The minimum Gasteiger partial charge on any atom is -0.340 e. The Morgan fingerprint density at radius 1 is 1.07 bits per heavy atom. The number of hydrogen-bond acceptors (Lipinski definition) is 8. The number of hydrogen-bond donors (Lipinski definition) is 2. The molecule has 10 heteroatoms. The number of rotatable bonds is 4. The number of thiophene rings is 1. The van der Waals surface area contributed by atoms with E-state index in [4.69, 9.17) is 10.1 Å². The summed E-state index contributed by atoms with van der Waals surface area (Å²) in [4.78, 5) is 4.83. The maximum atomic E-state index is 11.7. The molecule has 1 aliphatic heterocycles. The van der Waals surface area contributed by atoms with Crippen LogP contribution in [0, 0.1) is 0 Å². The molecule has 4 aromatic rings. The van der Waals surface area contributed by atoms with Crippen molar-refractivity contribution in [3.8, 4) is 0 Å². The van der Waals surface area contributed by atoms with E-state index < -0.39 is 10.0 Å². The number of fused-ring (bicyclic) bond motifs is 3. The molecule has 5 rings (SSSR count). The Hall–Kier alpha value is -3.21. The smallest absolute Gasteiger partial charge is 0.238 e. The average molecular weight is 422 g/mol. The number of nitrogens with two attached hydrogens (primary N) is 1. The third-order valence-electron chi connectivity index (χ3n) is 4.60. The van der Waals surface area contributed by atoms with Crippen molar-refractivity contribution in [2.75, 3.05) is 11.9 Å². The van der Waals surface area contributed by atoms with Crippen LogP contribution in [0.3, 0.4) is 0 Å². The first-order chi connectivity index (χ1) is 14.0. The van der Waals surface area contributed by atoms with E-state index in [0.717, 1.165) is 32.3 Å². The lowest BCUT2D eigenvalue weighted by molar-refractivity contribution is 0.598. The minimum atomic E-state index is -3.79. The van der Waals surface area contributed by atoms with Gasteiger partial charge in [0, 0.05) is 26.7 Å². The number of nitrogens with zero attached hydrogens (tertiary/aromatic N) is 4. The van der Waals surface area contributed by atoms with Gasteiger partial charge in [-0.1, -0.05) is 18.2 Å². The molecule has 0 atom stereocenters. The van der Waals surface area contributed by atoms with E-state index in [9.17, 15) is 8.42 Å². The number of pyridine rings is 1. The van der Waals surface area contributed by atoms with Gasteiger partial charge in [-0.05, 0) is 40.9 Å². The lowest BCUT2D eigenvalue weighted by Gasteiger charge is -2.11. The van der Waals surface area contributed by atoms with Crippen LogP contribution < -0.4 is 10.5 Å². The molecule has 0 bridgehead atoms. The molecular weight excluding hydrogens is 408 g/mol. The van der Waals surface area contributed by atoms with Gasteiger partial charge >= 0.3 is 0 Å². The van der Waals surface area contributed by atoms with Crippen LogP contribution in [0.15, 0.2) is 74.2 Å². The third-order valence-corrected chi connectivity index (χ3v) is 6.46. The zero-order chi connectivity index (χ0) is 20.0. The van der Waals surface area contributed by atoms with Gasteiger partial charge in [0.15, 0.2) is 0 Å². The van der Waals surface area contributed by atoms with Gasteiger partial charge in [0.1, 0.15) is 12.4 Å². The van der Waals surface area contributed by atoms with Gasteiger partial charge in [-0.2, -0.15) is 5.11 Å². The van der Waals surface area contributed by atoms with Crippen LogP contribution in [0.4, 0.5) is 11.5 Å². The fourth-order valence-corrected chi connectivity index (χ4v) is 4.72. The number of primary sulfonamides is 1. The number of benzene rings is 2. The predicted molar refractivity (Wildman–Crippen MR) is 114 cm³/mol. The van der Waals surface area contributed by atoms with Crippen LogP contribution in [0.2, 0.25) is 0 Å². The topological polar surface area (TPSA) is 122 Å². The standard InChI is InChI=1S/C19H14N6O2S2/c20-29(26,27)13-3-1-2-12(9-13)22-19-15-6-7-28-18(15)14-5-4-11(8-16(14)23-19)17-10-21-25-24-17/h1-9H,10H2,(H,22,23)(H2,20,26,27). The summed E-state index contributed by atoms with van der Waals surface area (Å²) in [6.07, 6.45) is 0. The van der Waals surface area contributed by atoms with Gasteiger partial charge in [0.2, 0.25) is 10.0 Å². The van der Waals surface area contributed by atoms with Gasteiger partial charge in [-0.3, -0.25) is 0 Å². The van der Waals surface area contributed by atoms with Crippen molar-refractivity contribution >= 4 is 59.6 Å². The van der Waals surface area contributed by atoms with Crippen molar-refractivity contribution < 1.29 is 8.42 Å². The number of nitrogens with one attached hydrogen (secondary N) is 1. The normalized spacial score (nSPS) is 13.9. The number of anilines is 2. The quantitative estimate of drug-likeness (QED) is 0.516. The molecule has 2 aromatic carbocycles. The van der Waals surface area contributed by atoms with Crippen LogP contribution in [0.5, 0.6) is 0 Å². The molecule has 8 nitrogen and oxygen atoms in total. The highest BCUT2D eigenvalue weighted by molar-refractivity contribution is 7.89. The lowest BCUT2D eigenvalue weighted by atomic mass is 10.1. The van der Waals surface area contributed by atoms with E-state index >= 15 is 0 Å². The van der Waals surface area contributed by atoms with Crippen molar-refractivity contribution in [3.63, 3.8) is 0 Å². The van der Waals surface area contributed by atoms with Crippen molar-refractivity contribution in [3.05, 3.63) is 59.5 Å². The largest absolute Gasteiger partial charge is 0.340 e. The van der Waals surface area contributed by atoms with Gasteiger partial charge < -0.3 is 5.32 Å². The molecule has 0 spiro atoms. The molecule has 1 aliphatic rings. The van der Waals surface area contributed by atoms with E-state index in [2.05, 4.69) is 20.8 Å². The fourth-order valence-electron chi connectivity index (χ4n) is 3.23. The molecule has 3 N–H and O–H groups in total. The molecule has 0 unspecified atom stereocenters. The van der Waals surface area contributed by atoms with E-state index in [-0.39, 0.29) is 4.90 Å². The van der Waals surface area contributed by atoms with Crippen molar-refractivity contribution in [1.29, 1.82) is 0 Å². The van der Waals surface area contributed by atoms with E-state index in [1.54, 1.807) is 23.5 Å². The summed E-state index contributed by atoms with van der Waals surface area (Å²) in [7, 11) is -3.79. The summed E-state index contributed by atoms with van der Waals surface area (Å²) < 4.78 is 24.4. The second kappa shape index (κ2) is 6.69. The SMILES string of the molecule is NS(=O)(=O)c1cccc(Nc2nc3cc(C4=NN=NC4)ccc3c3sccc23)c1. The Morgan fingerprint density at radius 2 is 1.97 bits per heavy atom. The molecule has 2 aromatic heterocycles. The van der Waals surface area contributed by atoms with Crippen molar-refractivity contribution in [2.45, 2.75) is 4.90 Å². The van der Waals surface area contributed by atoms with Gasteiger partial charge in [-0.25, -0.2) is 18.5 Å². The lowest BCUT2D eigenvalue weighted by Crippen LogP contribution is -2.12. The molecule has 144 valence electrons. The Kier molecular flexibility index (Phi) is 4.12. The van der Waals surface area contributed by atoms with Gasteiger partial charge in [0.25, 0.3) is 0 Å². The number of sulfonamides is 1. The summed E-state index contributed by atoms with van der Waals surface area (Å²) >= 11 is 1.62. The van der Waals surface area contributed by atoms with E-state index in [1.165, 1.54) is 12.1 Å². The molecule has 0 saturated carbocycles. The molecule has 0 radical (unpaired) electrons. The molecular formula is C19H14N6O2S2. The van der Waals surface area contributed by atoms with Crippen molar-refractivity contribution in [2.24, 2.45) is 20.6 Å². The van der Waals surface area contributed by atoms with Gasteiger partial charge in [-0.15, -0.1) is 16.4 Å². The summed E-state index contributed by atoms with van der Waals surface area (Å²) in [5, 5.41) is 24.1. The molecule has 0 amide bonds. The van der Waals surface area contributed by atoms with E-state index in [0.29, 0.717) is 18.1 Å². The number of aromatic nitrogens is 1. The van der Waals surface area contributed by atoms with Crippen LogP contribution >= 0.6 is 11.3 Å². The first-order valence-corrected chi connectivity index (χ1v) is 11.1. The Labute approximate surface area is 169 Å². The van der Waals surface area contributed by atoms with Crippen molar-refractivity contribution in [1.82, 2.24) is 4.98 Å². The monoisotopic (exact) mass is 422 g/mol. The zero-order valence-electron chi connectivity index (χ0n) is 14.9. The summed E-state index contributed by atoms with van der Waals surface area (Å²) in [6, 6.07) is 14.3. The first-order valence-electron chi connectivity index (χ1n) is 8.63. The minimum absolute atomic E-state index is 0.0406. The van der Waals surface area contributed by atoms with Crippen LogP contribution in [0.1, 0.15) is 5.56 Å². The summed E-state index contributed by atoms with van der Waals surface area (Å²) in [6.45, 7) is 0.457. The Bertz CT molecular complexity index is 1440. The average Bonchev–Trinajstić information content (AvgIpc) is 3.39. The van der Waals surface area contributed by atoms with Crippen LogP contribution in [0.25, 0.3) is 21.0 Å². The van der Waals surface area contributed by atoms with Crippen LogP contribution in [-0.2, 0) is 10.0 Å². The van der Waals surface area contributed by atoms with Crippen LogP contribution in [-0.4, -0.2) is 25.7 Å². The second-order valence-electron chi connectivity index (χ2n) is 6.49. The highest BCUT2D eigenvalue weighted by atomic mass is 32.2. The second-order valence-corrected chi connectivity index (χ2v) is 8.97. The Morgan fingerprint density at radius 3 is 2.76 bits per heavy atom. The van der Waals surface area contributed by atoms with E-state index in [1.807, 2.05) is 29.6 Å². The van der Waals surface area contributed by atoms with Gasteiger partial charge in [0.05, 0.1) is 16.1 Å². The zero-order valence-corrected chi connectivity index (χ0v) is 16.5. The first kappa shape index (κ1) is 17.9. The molecule has 0 fully saturated rings.